The Bertz CT molecular complexity index is 417. The maximum atomic E-state index is 8.97. The third-order valence-corrected chi connectivity index (χ3v) is 4.71. The van der Waals surface area contributed by atoms with Gasteiger partial charge in [-0.3, -0.25) is 0 Å². The molecule has 0 unspecified atom stereocenters. The summed E-state index contributed by atoms with van der Waals surface area (Å²) in [4.78, 5) is 10.8. The molecule has 2 atom stereocenters. The van der Waals surface area contributed by atoms with Crippen LogP contribution in [0.3, 0.4) is 0 Å². The zero-order chi connectivity index (χ0) is 13.2. The Kier molecular flexibility index (Phi) is 3.89. The molecule has 2 heterocycles. The quantitative estimate of drug-likeness (QED) is 0.920. The van der Waals surface area contributed by atoms with Crippen LogP contribution >= 0.6 is 11.6 Å². The first-order valence-electron chi connectivity index (χ1n) is 7.11. The van der Waals surface area contributed by atoms with E-state index in [1.54, 1.807) is 12.4 Å². The average Bonchev–Trinajstić information content (AvgIpc) is 3.20. The lowest BCUT2D eigenvalue weighted by molar-refractivity contribution is 0.266. The summed E-state index contributed by atoms with van der Waals surface area (Å²) in [6.07, 6.45) is 8.08. The summed E-state index contributed by atoms with van der Waals surface area (Å²) in [6, 6.07) is 0. The number of hydrogen-bond donors (Lipinski definition) is 1. The maximum Gasteiger partial charge on any atom is 0.225 e. The number of aliphatic hydroxyl groups excluding tert-OH is 1. The normalized spacial score (nSPS) is 27.6. The standard InChI is InChI=1S/C14H20ClN3O/c15-12-8-16-14(17-9-12)18-4-1-10(2-5-18)13-7-11(13)3-6-19/h8-11,13,19H,1-7H2/t11-,13+/m1/s1. The Hall–Kier alpha value is -0.870. The van der Waals surface area contributed by atoms with E-state index in [9.17, 15) is 0 Å². The smallest absolute Gasteiger partial charge is 0.225 e. The fraction of sp³-hybridized carbons (Fsp3) is 0.714. The molecule has 0 amide bonds. The fourth-order valence-corrected chi connectivity index (χ4v) is 3.44. The Morgan fingerprint density at radius 2 is 1.95 bits per heavy atom. The van der Waals surface area contributed by atoms with Gasteiger partial charge in [-0.2, -0.15) is 0 Å². The van der Waals surface area contributed by atoms with Gasteiger partial charge in [-0.25, -0.2) is 9.97 Å². The molecule has 0 bridgehead atoms. The molecule has 19 heavy (non-hydrogen) atoms. The van der Waals surface area contributed by atoms with Gasteiger partial charge < -0.3 is 10.0 Å². The van der Waals surface area contributed by atoms with Gasteiger partial charge in [0, 0.05) is 19.7 Å². The molecule has 5 heteroatoms. The number of aromatic nitrogens is 2. The average molecular weight is 282 g/mol. The fourth-order valence-electron chi connectivity index (χ4n) is 3.34. The highest BCUT2D eigenvalue weighted by Crippen LogP contribution is 2.49. The molecule has 1 aromatic heterocycles. The van der Waals surface area contributed by atoms with Gasteiger partial charge in [0.1, 0.15) is 0 Å². The molecule has 1 aliphatic carbocycles. The summed E-state index contributed by atoms with van der Waals surface area (Å²) in [7, 11) is 0. The zero-order valence-corrected chi connectivity index (χ0v) is 11.8. The predicted molar refractivity (Wildman–Crippen MR) is 75.3 cm³/mol. The summed E-state index contributed by atoms with van der Waals surface area (Å²) in [6.45, 7) is 2.42. The van der Waals surface area contributed by atoms with E-state index >= 15 is 0 Å². The number of piperidine rings is 1. The van der Waals surface area contributed by atoms with Crippen LogP contribution in [0.25, 0.3) is 0 Å². The second-order valence-corrected chi connectivity index (χ2v) is 6.13. The van der Waals surface area contributed by atoms with Crippen LogP contribution in [-0.4, -0.2) is 34.8 Å². The monoisotopic (exact) mass is 281 g/mol. The number of anilines is 1. The van der Waals surface area contributed by atoms with Crippen LogP contribution < -0.4 is 4.90 Å². The van der Waals surface area contributed by atoms with Crippen LogP contribution in [0, 0.1) is 17.8 Å². The molecule has 1 saturated heterocycles. The van der Waals surface area contributed by atoms with Crippen molar-refractivity contribution in [3.8, 4) is 0 Å². The van der Waals surface area contributed by atoms with Crippen molar-refractivity contribution < 1.29 is 5.11 Å². The third-order valence-electron chi connectivity index (χ3n) is 4.51. The molecule has 4 nitrogen and oxygen atoms in total. The molecule has 1 saturated carbocycles. The summed E-state index contributed by atoms with van der Waals surface area (Å²) >= 11 is 5.81. The van der Waals surface area contributed by atoms with Crippen molar-refractivity contribution in [2.75, 3.05) is 24.6 Å². The maximum absolute atomic E-state index is 8.97. The largest absolute Gasteiger partial charge is 0.396 e. The van der Waals surface area contributed by atoms with Crippen molar-refractivity contribution >= 4 is 17.5 Å². The predicted octanol–water partition coefficient (Wildman–Crippen LogP) is 2.36. The van der Waals surface area contributed by atoms with E-state index in [1.807, 2.05) is 0 Å². The van der Waals surface area contributed by atoms with Gasteiger partial charge in [-0.15, -0.1) is 0 Å². The van der Waals surface area contributed by atoms with E-state index in [4.69, 9.17) is 16.7 Å². The first kappa shape index (κ1) is 13.1. The second-order valence-electron chi connectivity index (χ2n) is 5.70. The van der Waals surface area contributed by atoms with Gasteiger partial charge in [-0.05, 0) is 43.4 Å². The Balaban J connectivity index is 1.51. The molecule has 2 fully saturated rings. The molecule has 0 aromatic carbocycles. The summed E-state index contributed by atoms with van der Waals surface area (Å²) in [5.41, 5.74) is 0. The van der Waals surface area contributed by atoms with E-state index in [0.29, 0.717) is 11.6 Å². The minimum Gasteiger partial charge on any atom is -0.396 e. The van der Waals surface area contributed by atoms with Gasteiger partial charge in [0.2, 0.25) is 5.95 Å². The molecule has 104 valence electrons. The van der Waals surface area contributed by atoms with E-state index in [1.165, 1.54) is 19.3 Å². The number of nitrogens with zero attached hydrogens (tertiary/aromatic N) is 3. The first-order chi connectivity index (χ1) is 9.28. The number of hydrogen-bond acceptors (Lipinski definition) is 4. The lowest BCUT2D eigenvalue weighted by Gasteiger charge is -2.32. The van der Waals surface area contributed by atoms with Crippen molar-refractivity contribution in [2.24, 2.45) is 17.8 Å². The van der Waals surface area contributed by atoms with E-state index in [-0.39, 0.29) is 0 Å². The van der Waals surface area contributed by atoms with Gasteiger partial charge in [0.25, 0.3) is 0 Å². The molecule has 1 N–H and O–H groups in total. The highest BCUT2D eigenvalue weighted by Gasteiger charge is 2.42. The van der Waals surface area contributed by atoms with Crippen LogP contribution in [0.4, 0.5) is 5.95 Å². The zero-order valence-electron chi connectivity index (χ0n) is 11.0. The Morgan fingerprint density at radius 3 is 2.58 bits per heavy atom. The van der Waals surface area contributed by atoms with E-state index < -0.39 is 0 Å². The van der Waals surface area contributed by atoms with Crippen molar-refractivity contribution in [1.82, 2.24) is 9.97 Å². The van der Waals surface area contributed by atoms with Crippen LogP contribution in [-0.2, 0) is 0 Å². The second kappa shape index (κ2) is 5.63. The number of rotatable bonds is 4. The highest BCUT2D eigenvalue weighted by molar-refractivity contribution is 6.30. The van der Waals surface area contributed by atoms with Crippen molar-refractivity contribution in [2.45, 2.75) is 25.7 Å². The summed E-state index contributed by atoms with van der Waals surface area (Å²) in [5, 5.41) is 9.56. The van der Waals surface area contributed by atoms with Gasteiger partial charge in [-0.1, -0.05) is 11.6 Å². The molecule has 0 spiro atoms. The summed E-state index contributed by atoms with van der Waals surface area (Å²) < 4.78 is 0. The van der Waals surface area contributed by atoms with E-state index in [2.05, 4.69) is 14.9 Å². The number of halogens is 1. The molecular weight excluding hydrogens is 262 g/mol. The number of aliphatic hydroxyl groups is 1. The Labute approximate surface area is 118 Å². The molecule has 2 aliphatic rings. The van der Waals surface area contributed by atoms with E-state index in [0.717, 1.165) is 43.2 Å². The topological polar surface area (TPSA) is 49.2 Å². The van der Waals surface area contributed by atoms with Crippen LogP contribution in [0.15, 0.2) is 12.4 Å². The third kappa shape index (κ3) is 3.00. The highest BCUT2D eigenvalue weighted by atomic mass is 35.5. The first-order valence-corrected chi connectivity index (χ1v) is 7.49. The minimum atomic E-state index is 0.346. The summed E-state index contributed by atoms with van der Waals surface area (Å²) in [5.74, 6) is 3.28. The van der Waals surface area contributed by atoms with Gasteiger partial charge in [0.15, 0.2) is 0 Å². The van der Waals surface area contributed by atoms with Crippen molar-refractivity contribution in [1.29, 1.82) is 0 Å². The lowest BCUT2D eigenvalue weighted by atomic mass is 9.90. The van der Waals surface area contributed by atoms with Crippen LogP contribution in [0.1, 0.15) is 25.7 Å². The van der Waals surface area contributed by atoms with Gasteiger partial charge in [0.05, 0.1) is 17.4 Å². The SMILES string of the molecule is OCC[C@@H]1C[C@H]1C1CCN(c2ncc(Cl)cn2)CC1. The van der Waals surface area contributed by atoms with Gasteiger partial charge >= 0.3 is 0 Å². The molecule has 1 aromatic rings. The van der Waals surface area contributed by atoms with Crippen molar-refractivity contribution in [3.63, 3.8) is 0 Å². The molecule has 3 rings (SSSR count). The minimum absolute atomic E-state index is 0.346. The molecule has 1 aliphatic heterocycles. The van der Waals surface area contributed by atoms with Crippen molar-refractivity contribution in [3.05, 3.63) is 17.4 Å². The Morgan fingerprint density at radius 1 is 1.26 bits per heavy atom. The molecule has 0 radical (unpaired) electrons. The lowest BCUT2D eigenvalue weighted by Crippen LogP contribution is -2.35. The van der Waals surface area contributed by atoms with Crippen LogP contribution in [0.5, 0.6) is 0 Å². The molecular formula is C14H20ClN3O. The van der Waals surface area contributed by atoms with Crippen LogP contribution in [0.2, 0.25) is 5.02 Å².